The Morgan fingerprint density at radius 2 is 2.44 bits per heavy atom. The van der Waals surface area contributed by atoms with Crippen LogP contribution in [0.5, 0.6) is 0 Å². The van der Waals surface area contributed by atoms with Gasteiger partial charge in [0.2, 0.25) is 0 Å². The Kier molecular flexibility index (Phi) is 1.27. The SMILES string of the molecule is C1=CC2SC=CC2CN1. The molecule has 0 aromatic rings. The van der Waals surface area contributed by atoms with Gasteiger partial charge in [-0.25, -0.2) is 0 Å². The normalized spacial score (nSPS) is 38.2. The van der Waals surface area contributed by atoms with Gasteiger partial charge in [0.1, 0.15) is 0 Å². The fourth-order valence-electron chi connectivity index (χ4n) is 1.19. The Morgan fingerprint density at radius 3 is 3.33 bits per heavy atom. The van der Waals surface area contributed by atoms with Crippen LogP contribution >= 0.6 is 11.8 Å². The van der Waals surface area contributed by atoms with Crippen LogP contribution in [0.3, 0.4) is 0 Å². The summed E-state index contributed by atoms with van der Waals surface area (Å²) in [6.07, 6.45) is 6.58. The van der Waals surface area contributed by atoms with Crippen molar-refractivity contribution >= 4 is 11.8 Å². The van der Waals surface area contributed by atoms with Gasteiger partial charge in [-0.3, -0.25) is 0 Å². The highest BCUT2D eigenvalue weighted by atomic mass is 32.2. The van der Waals surface area contributed by atoms with Gasteiger partial charge in [0, 0.05) is 17.7 Å². The number of hydrogen-bond donors (Lipinski definition) is 1. The van der Waals surface area contributed by atoms with E-state index in [-0.39, 0.29) is 0 Å². The Hall–Kier alpha value is -0.370. The summed E-state index contributed by atoms with van der Waals surface area (Å²) in [7, 11) is 0. The molecule has 0 saturated carbocycles. The number of fused-ring (bicyclic) bond motifs is 1. The average Bonchev–Trinajstić information content (AvgIpc) is 2.33. The first-order valence-electron chi connectivity index (χ1n) is 3.19. The largest absolute Gasteiger partial charge is 0.390 e. The van der Waals surface area contributed by atoms with Crippen molar-refractivity contribution in [1.82, 2.24) is 5.32 Å². The average molecular weight is 139 g/mol. The number of nitrogens with one attached hydrogen (secondary N) is 1. The maximum absolute atomic E-state index is 3.21. The zero-order valence-corrected chi connectivity index (χ0v) is 5.90. The first-order chi connectivity index (χ1) is 4.47. The minimum absolute atomic E-state index is 0.728. The maximum Gasteiger partial charge on any atom is 0.0365 e. The van der Waals surface area contributed by atoms with Crippen LogP contribution in [0.4, 0.5) is 0 Å². The van der Waals surface area contributed by atoms with E-state index >= 15 is 0 Å². The molecule has 0 spiro atoms. The maximum atomic E-state index is 3.21. The third kappa shape index (κ3) is 0.874. The Labute approximate surface area is 59.2 Å². The lowest BCUT2D eigenvalue weighted by Crippen LogP contribution is -2.26. The highest BCUT2D eigenvalue weighted by Gasteiger charge is 2.22. The molecule has 0 aliphatic carbocycles. The molecule has 2 unspecified atom stereocenters. The summed E-state index contributed by atoms with van der Waals surface area (Å²) in [5.41, 5.74) is 0. The molecule has 1 N–H and O–H groups in total. The van der Waals surface area contributed by atoms with E-state index in [1.165, 1.54) is 0 Å². The van der Waals surface area contributed by atoms with Crippen molar-refractivity contribution in [3.63, 3.8) is 0 Å². The second-order valence-corrected chi connectivity index (χ2v) is 3.45. The molecule has 2 aliphatic heterocycles. The summed E-state index contributed by atoms with van der Waals surface area (Å²) in [5, 5.41) is 6.14. The minimum Gasteiger partial charge on any atom is -0.390 e. The van der Waals surface area contributed by atoms with Gasteiger partial charge < -0.3 is 5.32 Å². The van der Waals surface area contributed by atoms with Crippen molar-refractivity contribution in [2.24, 2.45) is 5.92 Å². The zero-order valence-electron chi connectivity index (χ0n) is 5.08. The summed E-state index contributed by atoms with van der Waals surface area (Å²) in [6.45, 7) is 1.12. The first-order valence-corrected chi connectivity index (χ1v) is 4.13. The molecule has 0 fully saturated rings. The summed E-state index contributed by atoms with van der Waals surface area (Å²) in [6, 6.07) is 0. The molecular formula is C7H9NS. The first kappa shape index (κ1) is 5.42. The van der Waals surface area contributed by atoms with Gasteiger partial charge in [-0.2, -0.15) is 0 Å². The van der Waals surface area contributed by atoms with Crippen LogP contribution in [0, 0.1) is 5.92 Å². The van der Waals surface area contributed by atoms with Crippen molar-refractivity contribution in [3.05, 3.63) is 23.8 Å². The lowest BCUT2D eigenvalue weighted by Gasteiger charge is -2.19. The second-order valence-electron chi connectivity index (χ2n) is 2.36. The molecule has 0 bridgehead atoms. The number of hydrogen-bond acceptors (Lipinski definition) is 2. The zero-order chi connectivity index (χ0) is 6.10. The summed E-state index contributed by atoms with van der Waals surface area (Å²) >= 11 is 1.92. The van der Waals surface area contributed by atoms with Crippen LogP contribution < -0.4 is 5.32 Å². The Morgan fingerprint density at radius 1 is 1.44 bits per heavy atom. The van der Waals surface area contributed by atoms with Gasteiger partial charge in [-0.1, -0.05) is 12.2 Å². The standard InChI is InChI=1S/C7H9NS/c1-3-8-5-6-2-4-9-7(1)6/h1-4,6-8H,5H2. The van der Waals surface area contributed by atoms with Crippen molar-refractivity contribution in [3.8, 4) is 0 Å². The lowest BCUT2D eigenvalue weighted by molar-refractivity contribution is 0.613. The van der Waals surface area contributed by atoms with Gasteiger partial charge in [0.15, 0.2) is 0 Å². The molecule has 0 saturated heterocycles. The smallest absolute Gasteiger partial charge is 0.0365 e. The third-order valence-corrected chi connectivity index (χ3v) is 2.88. The monoisotopic (exact) mass is 139 g/mol. The highest BCUT2D eigenvalue weighted by Crippen LogP contribution is 2.31. The molecule has 0 aromatic carbocycles. The summed E-state index contributed by atoms with van der Waals surface area (Å²) in [5.74, 6) is 0.750. The fourth-order valence-corrected chi connectivity index (χ4v) is 2.22. The molecule has 9 heavy (non-hydrogen) atoms. The summed E-state index contributed by atoms with van der Waals surface area (Å²) < 4.78 is 0. The number of rotatable bonds is 0. The molecule has 2 aliphatic rings. The van der Waals surface area contributed by atoms with E-state index in [1.54, 1.807) is 0 Å². The Balaban J connectivity index is 2.16. The van der Waals surface area contributed by atoms with E-state index < -0.39 is 0 Å². The van der Waals surface area contributed by atoms with Crippen molar-refractivity contribution in [2.75, 3.05) is 6.54 Å². The number of thioether (sulfide) groups is 1. The summed E-state index contributed by atoms with van der Waals surface area (Å²) in [4.78, 5) is 0. The van der Waals surface area contributed by atoms with Crippen molar-refractivity contribution in [1.29, 1.82) is 0 Å². The topological polar surface area (TPSA) is 12.0 Å². The van der Waals surface area contributed by atoms with Crippen LogP contribution in [0.2, 0.25) is 0 Å². The van der Waals surface area contributed by atoms with Crippen LogP contribution in [-0.2, 0) is 0 Å². The molecule has 1 nitrogen and oxygen atoms in total. The Bertz CT molecular complexity index is 162. The third-order valence-electron chi connectivity index (χ3n) is 1.74. The molecular weight excluding hydrogens is 130 g/mol. The molecule has 0 amide bonds. The quantitative estimate of drug-likeness (QED) is 0.543. The lowest BCUT2D eigenvalue weighted by atomic mass is 10.0. The molecule has 2 rings (SSSR count). The van der Waals surface area contributed by atoms with E-state index in [2.05, 4.69) is 29.1 Å². The van der Waals surface area contributed by atoms with E-state index in [1.807, 2.05) is 11.8 Å². The van der Waals surface area contributed by atoms with Gasteiger partial charge in [0.25, 0.3) is 0 Å². The molecule has 2 atom stereocenters. The molecule has 2 heteroatoms. The van der Waals surface area contributed by atoms with Crippen LogP contribution in [0.1, 0.15) is 0 Å². The highest BCUT2D eigenvalue weighted by molar-refractivity contribution is 8.03. The van der Waals surface area contributed by atoms with E-state index in [0.29, 0.717) is 0 Å². The van der Waals surface area contributed by atoms with Gasteiger partial charge in [0.05, 0.1) is 0 Å². The second kappa shape index (κ2) is 2.10. The molecule has 48 valence electrons. The van der Waals surface area contributed by atoms with E-state index in [9.17, 15) is 0 Å². The van der Waals surface area contributed by atoms with Gasteiger partial charge in [-0.05, 0) is 11.6 Å². The van der Waals surface area contributed by atoms with E-state index in [4.69, 9.17) is 0 Å². The van der Waals surface area contributed by atoms with Crippen molar-refractivity contribution < 1.29 is 0 Å². The predicted molar refractivity (Wildman–Crippen MR) is 41.2 cm³/mol. The molecule has 0 aromatic heterocycles. The van der Waals surface area contributed by atoms with Crippen LogP contribution in [0.15, 0.2) is 23.8 Å². The van der Waals surface area contributed by atoms with E-state index in [0.717, 1.165) is 17.7 Å². The van der Waals surface area contributed by atoms with Gasteiger partial charge in [-0.15, -0.1) is 11.8 Å². The predicted octanol–water partition coefficient (Wildman–Crippen LogP) is 1.35. The van der Waals surface area contributed by atoms with Crippen LogP contribution in [-0.4, -0.2) is 11.8 Å². The molecule has 0 radical (unpaired) electrons. The molecule has 2 heterocycles. The van der Waals surface area contributed by atoms with Gasteiger partial charge >= 0.3 is 0 Å². The van der Waals surface area contributed by atoms with Crippen LogP contribution in [0.25, 0.3) is 0 Å². The fraction of sp³-hybridized carbons (Fsp3) is 0.429. The van der Waals surface area contributed by atoms with Crippen molar-refractivity contribution in [2.45, 2.75) is 5.25 Å². The minimum atomic E-state index is 0.728.